The second kappa shape index (κ2) is 3.92. The number of aliphatic hydroxyl groups excluding tert-OH is 1. The number of anilines is 1. The number of rotatable bonds is 2. The molecule has 0 spiro atoms. The van der Waals surface area contributed by atoms with Crippen LogP contribution in [0.15, 0.2) is 6.33 Å². The van der Waals surface area contributed by atoms with Gasteiger partial charge in [-0.2, -0.15) is 0 Å². The maximum Gasteiger partial charge on any atom is 0.132 e. The van der Waals surface area contributed by atoms with Crippen LogP contribution < -0.4 is 5.73 Å². The Bertz CT molecular complexity index is 321. The van der Waals surface area contributed by atoms with E-state index < -0.39 is 0 Å². The second-order valence-electron chi connectivity index (χ2n) is 3.76. The molecule has 0 radical (unpaired) electrons. The van der Waals surface area contributed by atoms with Crippen molar-refractivity contribution in [3.63, 3.8) is 0 Å². The van der Waals surface area contributed by atoms with Crippen molar-refractivity contribution in [1.29, 1.82) is 0 Å². The van der Waals surface area contributed by atoms with Gasteiger partial charge in [-0.3, -0.25) is 0 Å². The summed E-state index contributed by atoms with van der Waals surface area (Å²) in [6.07, 6.45) is 6.30. The zero-order valence-corrected chi connectivity index (χ0v) is 8.11. The smallest absolute Gasteiger partial charge is 0.132 e. The van der Waals surface area contributed by atoms with Crippen LogP contribution in [0.5, 0.6) is 0 Å². The molecule has 0 aromatic carbocycles. The first kappa shape index (κ1) is 9.40. The van der Waals surface area contributed by atoms with Crippen LogP contribution in [0.2, 0.25) is 0 Å². The summed E-state index contributed by atoms with van der Waals surface area (Å²) in [5.41, 5.74) is 7.37. The molecule has 1 aliphatic carbocycles. The monoisotopic (exact) mass is 193 g/mol. The number of hydrogen-bond acceptors (Lipinski definition) is 4. The first-order valence-corrected chi connectivity index (χ1v) is 5.03. The van der Waals surface area contributed by atoms with E-state index in [1.54, 1.807) is 0 Å². The van der Waals surface area contributed by atoms with Gasteiger partial charge in [0.25, 0.3) is 0 Å². The summed E-state index contributed by atoms with van der Waals surface area (Å²) in [4.78, 5) is 8.13. The van der Waals surface area contributed by atoms with Crippen LogP contribution in [0.4, 0.5) is 5.82 Å². The van der Waals surface area contributed by atoms with Crippen molar-refractivity contribution in [2.75, 3.05) is 5.73 Å². The van der Waals surface area contributed by atoms with Crippen molar-refractivity contribution in [2.45, 2.75) is 38.2 Å². The molecular formula is C10H15N3O. The zero-order chi connectivity index (χ0) is 9.97. The summed E-state index contributed by atoms with van der Waals surface area (Å²) in [5, 5.41) is 9.20. The molecule has 4 nitrogen and oxygen atoms in total. The van der Waals surface area contributed by atoms with Gasteiger partial charge in [0.1, 0.15) is 12.1 Å². The molecule has 3 N–H and O–H groups in total. The Balaban J connectivity index is 2.35. The fourth-order valence-corrected chi connectivity index (χ4v) is 2.15. The van der Waals surface area contributed by atoms with Gasteiger partial charge in [0.05, 0.1) is 12.3 Å². The molecule has 0 atom stereocenters. The third-order valence-corrected chi connectivity index (χ3v) is 2.91. The van der Waals surface area contributed by atoms with Crippen molar-refractivity contribution >= 4 is 5.82 Å². The average molecular weight is 193 g/mol. The largest absolute Gasteiger partial charge is 0.391 e. The first-order valence-electron chi connectivity index (χ1n) is 5.03. The molecule has 76 valence electrons. The molecule has 1 aromatic heterocycles. The highest BCUT2D eigenvalue weighted by Crippen LogP contribution is 2.35. The lowest BCUT2D eigenvalue weighted by Crippen LogP contribution is -2.07. The number of aromatic nitrogens is 2. The molecule has 4 heteroatoms. The highest BCUT2D eigenvalue weighted by atomic mass is 16.3. The summed E-state index contributed by atoms with van der Waals surface area (Å²) < 4.78 is 0. The number of hydrogen-bond donors (Lipinski definition) is 2. The lowest BCUT2D eigenvalue weighted by atomic mass is 9.99. The minimum absolute atomic E-state index is 0.0570. The van der Waals surface area contributed by atoms with Gasteiger partial charge in [-0.05, 0) is 12.8 Å². The Hall–Kier alpha value is -1.16. The first-order chi connectivity index (χ1) is 6.83. The van der Waals surface area contributed by atoms with E-state index in [0.717, 1.165) is 24.1 Å². The van der Waals surface area contributed by atoms with E-state index in [9.17, 15) is 5.11 Å². The molecule has 0 aliphatic heterocycles. The van der Waals surface area contributed by atoms with Gasteiger partial charge in [-0.25, -0.2) is 9.97 Å². The summed E-state index contributed by atoms with van der Waals surface area (Å²) in [6.45, 7) is -0.0570. The minimum Gasteiger partial charge on any atom is -0.391 e. The van der Waals surface area contributed by atoms with E-state index >= 15 is 0 Å². The van der Waals surface area contributed by atoms with Gasteiger partial charge in [-0.15, -0.1) is 0 Å². The Labute approximate surface area is 83.2 Å². The SMILES string of the molecule is Nc1ncnc(C2CCCC2)c1CO. The third kappa shape index (κ3) is 1.57. The topological polar surface area (TPSA) is 72.0 Å². The molecule has 1 fully saturated rings. The standard InChI is InChI=1S/C10H15N3O/c11-10-8(5-14)9(12-6-13-10)7-3-1-2-4-7/h6-7,14H,1-5H2,(H2,11,12,13). The van der Waals surface area contributed by atoms with Crippen LogP contribution in [0.25, 0.3) is 0 Å². The highest BCUT2D eigenvalue weighted by molar-refractivity contribution is 5.42. The molecule has 0 unspecified atom stereocenters. The number of nitrogens with two attached hydrogens (primary N) is 1. The Morgan fingerprint density at radius 2 is 2.07 bits per heavy atom. The second-order valence-corrected chi connectivity index (χ2v) is 3.76. The van der Waals surface area contributed by atoms with Gasteiger partial charge in [0.2, 0.25) is 0 Å². The number of aliphatic hydroxyl groups is 1. The number of nitrogens with zero attached hydrogens (tertiary/aromatic N) is 2. The fraction of sp³-hybridized carbons (Fsp3) is 0.600. The van der Waals surface area contributed by atoms with Crippen LogP contribution in [0.3, 0.4) is 0 Å². The van der Waals surface area contributed by atoms with Crippen LogP contribution in [0.1, 0.15) is 42.9 Å². The normalized spacial score (nSPS) is 17.5. The third-order valence-electron chi connectivity index (χ3n) is 2.91. The van der Waals surface area contributed by atoms with E-state index in [1.807, 2.05) is 0 Å². The molecule has 1 saturated carbocycles. The maximum atomic E-state index is 9.20. The van der Waals surface area contributed by atoms with Crippen LogP contribution >= 0.6 is 0 Å². The summed E-state index contributed by atoms with van der Waals surface area (Å²) in [5.74, 6) is 0.895. The zero-order valence-electron chi connectivity index (χ0n) is 8.11. The number of nitrogen functional groups attached to an aromatic ring is 1. The van der Waals surface area contributed by atoms with Crippen molar-refractivity contribution in [2.24, 2.45) is 0 Å². The van der Waals surface area contributed by atoms with Crippen molar-refractivity contribution < 1.29 is 5.11 Å². The predicted octanol–water partition coefficient (Wildman–Crippen LogP) is 1.21. The Morgan fingerprint density at radius 3 is 2.71 bits per heavy atom. The molecule has 14 heavy (non-hydrogen) atoms. The van der Waals surface area contributed by atoms with Crippen molar-refractivity contribution in [3.05, 3.63) is 17.6 Å². The van der Waals surface area contributed by atoms with Gasteiger partial charge < -0.3 is 10.8 Å². The van der Waals surface area contributed by atoms with Crippen molar-refractivity contribution in [1.82, 2.24) is 9.97 Å². The Kier molecular flexibility index (Phi) is 2.63. The quantitative estimate of drug-likeness (QED) is 0.740. The lowest BCUT2D eigenvalue weighted by Gasteiger charge is -2.13. The van der Waals surface area contributed by atoms with Gasteiger partial charge in [0, 0.05) is 11.5 Å². The molecule has 0 amide bonds. The van der Waals surface area contributed by atoms with Crippen molar-refractivity contribution in [3.8, 4) is 0 Å². The molecule has 0 saturated heterocycles. The van der Waals surface area contributed by atoms with E-state index in [0.29, 0.717) is 11.7 Å². The molecular weight excluding hydrogens is 178 g/mol. The fourth-order valence-electron chi connectivity index (χ4n) is 2.15. The van der Waals surface area contributed by atoms with Crippen LogP contribution in [0, 0.1) is 0 Å². The highest BCUT2D eigenvalue weighted by Gasteiger charge is 2.22. The van der Waals surface area contributed by atoms with Gasteiger partial charge in [-0.1, -0.05) is 12.8 Å². The van der Waals surface area contributed by atoms with Gasteiger partial charge >= 0.3 is 0 Å². The minimum atomic E-state index is -0.0570. The van der Waals surface area contributed by atoms with E-state index in [2.05, 4.69) is 9.97 Å². The van der Waals surface area contributed by atoms with Crippen LogP contribution in [-0.2, 0) is 6.61 Å². The summed E-state index contributed by atoms with van der Waals surface area (Å²) >= 11 is 0. The van der Waals surface area contributed by atoms with E-state index in [-0.39, 0.29) is 6.61 Å². The predicted molar refractivity (Wildman–Crippen MR) is 53.6 cm³/mol. The van der Waals surface area contributed by atoms with Crippen LogP contribution in [-0.4, -0.2) is 15.1 Å². The molecule has 0 bridgehead atoms. The molecule has 1 aromatic rings. The van der Waals surface area contributed by atoms with Gasteiger partial charge in [0.15, 0.2) is 0 Å². The average Bonchev–Trinajstić information content (AvgIpc) is 2.70. The summed E-state index contributed by atoms with van der Waals surface area (Å²) in [7, 11) is 0. The summed E-state index contributed by atoms with van der Waals surface area (Å²) in [6, 6.07) is 0. The molecule has 2 rings (SSSR count). The maximum absolute atomic E-state index is 9.20. The molecule has 1 heterocycles. The van der Waals surface area contributed by atoms with E-state index in [4.69, 9.17) is 5.73 Å². The van der Waals surface area contributed by atoms with E-state index in [1.165, 1.54) is 19.2 Å². The lowest BCUT2D eigenvalue weighted by molar-refractivity contribution is 0.279. The Morgan fingerprint density at radius 1 is 1.36 bits per heavy atom. The molecule has 1 aliphatic rings.